The van der Waals surface area contributed by atoms with Gasteiger partial charge in [0, 0.05) is 28.4 Å². The van der Waals surface area contributed by atoms with Gasteiger partial charge in [-0.05, 0) is 61.7 Å². The maximum Gasteiger partial charge on any atom is 0.261 e. The molecule has 1 amide bonds. The smallest absolute Gasteiger partial charge is 0.261 e. The molecule has 2 aliphatic rings. The number of benzene rings is 2. The average molecular weight is 463 g/mol. The number of nitrogens with zero attached hydrogens (tertiary/aromatic N) is 2. The molecular weight excluding hydrogens is 440 g/mol. The Morgan fingerprint density at radius 3 is 2.82 bits per heavy atom. The van der Waals surface area contributed by atoms with Crippen LogP contribution in [0, 0.1) is 0 Å². The number of aromatic nitrogens is 2. The summed E-state index contributed by atoms with van der Waals surface area (Å²) in [5, 5.41) is 11.3. The van der Waals surface area contributed by atoms with Crippen LogP contribution >= 0.6 is 11.6 Å². The fourth-order valence-corrected chi connectivity index (χ4v) is 4.61. The first kappa shape index (κ1) is 21.3. The van der Waals surface area contributed by atoms with Gasteiger partial charge in [-0.3, -0.25) is 9.59 Å². The first-order valence-electron chi connectivity index (χ1n) is 11.0. The molecule has 3 aromatic rings. The summed E-state index contributed by atoms with van der Waals surface area (Å²) in [6, 6.07) is 14.2. The van der Waals surface area contributed by atoms with Gasteiger partial charge in [-0.1, -0.05) is 23.7 Å². The molecule has 0 saturated heterocycles. The van der Waals surface area contributed by atoms with E-state index in [-0.39, 0.29) is 11.7 Å². The molecule has 0 fully saturated rings. The number of ketones is 1. The number of Topliss-reactive ketones (excluding diaryl/α,β-unsaturated/α-hetero) is 1. The molecule has 33 heavy (non-hydrogen) atoms. The summed E-state index contributed by atoms with van der Waals surface area (Å²) in [6.45, 7) is 2.50. The number of hydrogen-bond acceptors (Lipinski definition) is 5. The molecular formula is C25H23ClN4O3. The Hall–Kier alpha value is -3.58. The number of amides is 1. The zero-order valence-corrected chi connectivity index (χ0v) is 18.9. The van der Waals surface area contributed by atoms with Crippen molar-refractivity contribution in [1.29, 1.82) is 0 Å². The third kappa shape index (κ3) is 4.00. The second kappa shape index (κ2) is 8.75. The number of nitrogens with one attached hydrogen (secondary N) is 2. The second-order valence-electron chi connectivity index (χ2n) is 8.01. The van der Waals surface area contributed by atoms with E-state index < -0.39 is 6.04 Å². The molecule has 2 N–H and O–H groups in total. The predicted octanol–water partition coefficient (Wildman–Crippen LogP) is 5.21. The summed E-state index contributed by atoms with van der Waals surface area (Å²) in [5.74, 6) is 1.11. The molecule has 2 heterocycles. The summed E-state index contributed by atoms with van der Waals surface area (Å²) in [5.41, 5.74) is 3.45. The van der Waals surface area contributed by atoms with Gasteiger partial charge in [0.25, 0.3) is 5.91 Å². The molecule has 1 atom stereocenters. The van der Waals surface area contributed by atoms with Gasteiger partial charge in [-0.2, -0.15) is 5.10 Å². The second-order valence-corrected chi connectivity index (χ2v) is 8.45. The first-order valence-corrected chi connectivity index (χ1v) is 11.3. The molecule has 0 spiro atoms. The standard InChI is InChI=1S/C25H23ClN4O3/c1-2-33-18-11-9-17(10-12-18)28-25(32)19-14-27-30-23(15-5-3-6-16(26)13-15)22-20(29-24(19)30)7-4-8-21(22)31/h3,5-6,9-14,23,29H,2,4,7-8H2,1H3,(H,28,32). The van der Waals surface area contributed by atoms with Crippen molar-refractivity contribution < 1.29 is 14.3 Å². The van der Waals surface area contributed by atoms with E-state index in [2.05, 4.69) is 15.7 Å². The molecule has 1 aromatic heterocycles. The highest BCUT2D eigenvalue weighted by Crippen LogP contribution is 2.42. The van der Waals surface area contributed by atoms with Crippen molar-refractivity contribution in [2.24, 2.45) is 0 Å². The number of carbonyl (C=O) groups is 2. The van der Waals surface area contributed by atoms with Gasteiger partial charge in [0.2, 0.25) is 0 Å². The third-order valence-electron chi connectivity index (χ3n) is 5.87. The van der Waals surface area contributed by atoms with Crippen LogP contribution in [0.4, 0.5) is 11.5 Å². The lowest BCUT2D eigenvalue weighted by atomic mass is 9.85. The highest BCUT2D eigenvalue weighted by Gasteiger charge is 2.37. The number of hydrogen-bond donors (Lipinski definition) is 2. The van der Waals surface area contributed by atoms with Gasteiger partial charge < -0.3 is 15.4 Å². The molecule has 1 aliphatic heterocycles. The summed E-state index contributed by atoms with van der Waals surface area (Å²) in [6.07, 6.45) is 3.55. The number of ether oxygens (including phenoxy) is 1. The largest absolute Gasteiger partial charge is 0.494 e. The molecule has 1 unspecified atom stereocenters. The maximum atomic E-state index is 13.1. The number of carbonyl (C=O) groups excluding carboxylic acids is 2. The molecule has 0 radical (unpaired) electrons. The summed E-state index contributed by atoms with van der Waals surface area (Å²) >= 11 is 6.26. The van der Waals surface area contributed by atoms with E-state index in [1.807, 2.05) is 37.3 Å². The van der Waals surface area contributed by atoms with Crippen LogP contribution in [0.3, 0.4) is 0 Å². The number of fused-ring (bicyclic) bond motifs is 1. The van der Waals surface area contributed by atoms with Crippen LogP contribution < -0.4 is 15.4 Å². The van der Waals surface area contributed by atoms with Crippen LogP contribution in [-0.2, 0) is 4.79 Å². The van der Waals surface area contributed by atoms with E-state index in [0.717, 1.165) is 29.9 Å². The number of anilines is 2. The van der Waals surface area contributed by atoms with Crippen LogP contribution in [0.1, 0.15) is 48.1 Å². The van der Waals surface area contributed by atoms with E-state index in [9.17, 15) is 9.59 Å². The average Bonchev–Trinajstić information content (AvgIpc) is 3.23. The minimum atomic E-state index is -0.435. The molecule has 2 aromatic carbocycles. The number of allylic oxidation sites excluding steroid dienone is 2. The fourth-order valence-electron chi connectivity index (χ4n) is 4.41. The highest BCUT2D eigenvalue weighted by atomic mass is 35.5. The molecule has 8 heteroatoms. The fraction of sp³-hybridized carbons (Fsp3) is 0.240. The van der Waals surface area contributed by atoms with Crippen LogP contribution in [0.25, 0.3) is 0 Å². The summed E-state index contributed by atoms with van der Waals surface area (Å²) in [7, 11) is 0. The van der Waals surface area contributed by atoms with E-state index >= 15 is 0 Å². The first-order chi connectivity index (χ1) is 16.0. The van der Waals surface area contributed by atoms with Crippen molar-refractivity contribution in [1.82, 2.24) is 9.78 Å². The molecule has 0 saturated carbocycles. The van der Waals surface area contributed by atoms with E-state index in [1.165, 1.54) is 6.20 Å². The van der Waals surface area contributed by atoms with Crippen LogP contribution in [-0.4, -0.2) is 28.1 Å². The van der Waals surface area contributed by atoms with Crippen molar-refractivity contribution >= 4 is 34.8 Å². The Labute approximate surface area is 196 Å². The molecule has 7 nitrogen and oxygen atoms in total. The lowest BCUT2D eigenvalue weighted by molar-refractivity contribution is -0.116. The minimum absolute atomic E-state index is 0.0928. The van der Waals surface area contributed by atoms with E-state index in [4.69, 9.17) is 16.3 Å². The van der Waals surface area contributed by atoms with Crippen molar-refractivity contribution in [2.75, 3.05) is 17.2 Å². The zero-order valence-electron chi connectivity index (χ0n) is 18.1. The Kier molecular flexibility index (Phi) is 5.64. The third-order valence-corrected chi connectivity index (χ3v) is 6.11. The van der Waals surface area contributed by atoms with Crippen molar-refractivity contribution in [3.8, 4) is 5.75 Å². The lowest BCUT2D eigenvalue weighted by Crippen LogP contribution is -2.32. The summed E-state index contributed by atoms with van der Waals surface area (Å²) in [4.78, 5) is 26.0. The van der Waals surface area contributed by atoms with Crippen molar-refractivity contribution in [3.63, 3.8) is 0 Å². The zero-order chi connectivity index (χ0) is 22.9. The Morgan fingerprint density at radius 1 is 1.24 bits per heavy atom. The normalized spacial score (nSPS) is 17.2. The summed E-state index contributed by atoms with van der Waals surface area (Å²) < 4.78 is 7.16. The number of halogens is 1. The molecule has 5 rings (SSSR count). The quantitative estimate of drug-likeness (QED) is 0.543. The van der Waals surface area contributed by atoms with Crippen LogP contribution in [0.2, 0.25) is 5.02 Å². The molecule has 1 aliphatic carbocycles. The Bertz CT molecular complexity index is 1260. The van der Waals surface area contributed by atoms with Gasteiger partial charge in [0.15, 0.2) is 5.78 Å². The SMILES string of the molecule is CCOc1ccc(NC(=O)c2cnn3c2NC2=C(C(=O)CCC2)C3c2cccc(Cl)c2)cc1. The van der Waals surface area contributed by atoms with E-state index in [0.29, 0.717) is 40.7 Å². The molecule has 168 valence electrons. The van der Waals surface area contributed by atoms with Gasteiger partial charge in [0.05, 0.1) is 12.8 Å². The lowest BCUT2D eigenvalue weighted by Gasteiger charge is -2.33. The van der Waals surface area contributed by atoms with Crippen molar-refractivity contribution in [2.45, 2.75) is 32.2 Å². The van der Waals surface area contributed by atoms with Crippen molar-refractivity contribution in [3.05, 3.63) is 82.1 Å². The number of rotatable bonds is 5. The Morgan fingerprint density at radius 2 is 2.06 bits per heavy atom. The van der Waals surface area contributed by atoms with Gasteiger partial charge in [0.1, 0.15) is 23.2 Å². The van der Waals surface area contributed by atoms with Gasteiger partial charge in [-0.15, -0.1) is 0 Å². The highest BCUT2D eigenvalue weighted by molar-refractivity contribution is 6.30. The topological polar surface area (TPSA) is 85.2 Å². The monoisotopic (exact) mass is 462 g/mol. The minimum Gasteiger partial charge on any atom is -0.494 e. The van der Waals surface area contributed by atoms with E-state index in [1.54, 1.807) is 22.9 Å². The Balaban J connectivity index is 1.51. The van der Waals surface area contributed by atoms with Gasteiger partial charge >= 0.3 is 0 Å². The predicted molar refractivity (Wildman–Crippen MR) is 127 cm³/mol. The molecule has 0 bridgehead atoms. The van der Waals surface area contributed by atoms with Gasteiger partial charge in [-0.25, -0.2) is 4.68 Å². The maximum absolute atomic E-state index is 13.1. The van der Waals surface area contributed by atoms with Crippen LogP contribution in [0.15, 0.2) is 66.0 Å². The van der Waals surface area contributed by atoms with Crippen LogP contribution in [0.5, 0.6) is 5.75 Å².